The number of aromatic hydroxyl groups is 1. The number of aliphatic hydroxyl groups is 2. The number of carbonyl (C=O) groups excluding carboxylic acids is 1. The van der Waals surface area contributed by atoms with Gasteiger partial charge in [-0.05, 0) is 43.5 Å². The highest BCUT2D eigenvalue weighted by atomic mass is 19.2. The van der Waals surface area contributed by atoms with Crippen LogP contribution < -0.4 is 5.32 Å². The highest BCUT2D eigenvalue weighted by molar-refractivity contribution is 5.94. The zero-order valence-electron chi connectivity index (χ0n) is 16.0. The standard InChI is InChI=1S/C14H20N2O4.C6H4F2O/c1-8-5-9(2)20-13(8)14(19)16-10-3-4-11(15-6-10)12(18)7-17;7-4-2-1-3-5(9)6(4)8/h3-4,6,8-9,12-13,17-18H,5,7H2,1-2H3,(H,16,19);1-3,9H. The molecule has 0 bridgehead atoms. The van der Waals surface area contributed by atoms with Crippen molar-refractivity contribution in [3.63, 3.8) is 0 Å². The maximum Gasteiger partial charge on any atom is 0.253 e. The lowest BCUT2D eigenvalue weighted by molar-refractivity contribution is -0.127. The van der Waals surface area contributed by atoms with Gasteiger partial charge >= 0.3 is 0 Å². The summed E-state index contributed by atoms with van der Waals surface area (Å²) in [6.07, 6.45) is 0.986. The van der Waals surface area contributed by atoms with Gasteiger partial charge in [-0.15, -0.1) is 0 Å². The number of amides is 1. The fraction of sp³-hybridized carbons (Fsp3) is 0.400. The van der Waals surface area contributed by atoms with E-state index in [-0.39, 0.29) is 24.5 Å². The van der Waals surface area contributed by atoms with Gasteiger partial charge in [-0.3, -0.25) is 9.78 Å². The van der Waals surface area contributed by atoms with E-state index in [1.165, 1.54) is 12.3 Å². The lowest BCUT2D eigenvalue weighted by Crippen LogP contribution is -2.31. The van der Waals surface area contributed by atoms with Gasteiger partial charge in [0.25, 0.3) is 5.91 Å². The monoisotopic (exact) mass is 410 g/mol. The maximum atomic E-state index is 12.1. The molecule has 4 N–H and O–H groups in total. The molecule has 2 heterocycles. The number of hydrogen-bond donors (Lipinski definition) is 4. The summed E-state index contributed by atoms with van der Waals surface area (Å²) in [4.78, 5) is 16.1. The van der Waals surface area contributed by atoms with Crippen LogP contribution in [0.2, 0.25) is 0 Å². The third-order valence-electron chi connectivity index (χ3n) is 4.36. The second-order valence-corrected chi connectivity index (χ2v) is 6.81. The predicted molar refractivity (Wildman–Crippen MR) is 101 cm³/mol. The van der Waals surface area contributed by atoms with Crippen molar-refractivity contribution >= 4 is 11.6 Å². The molecular weight excluding hydrogens is 386 g/mol. The lowest BCUT2D eigenvalue weighted by atomic mass is 10.0. The Kier molecular flexibility index (Phi) is 8.00. The molecule has 1 aromatic heterocycles. The van der Waals surface area contributed by atoms with Gasteiger partial charge in [-0.1, -0.05) is 13.0 Å². The van der Waals surface area contributed by atoms with Crippen molar-refractivity contribution in [1.82, 2.24) is 4.98 Å². The fourth-order valence-electron chi connectivity index (χ4n) is 2.88. The van der Waals surface area contributed by atoms with Crippen molar-refractivity contribution in [1.29, 1.82) is 0 Å². The SMILES string of the molecule is CC1CC(C)C(C(=O)Nc2ccc(C(O)CO)nc2)O1.Oc1cccc(F)c1F. The third kappa shape index (κ3) is 6.18. The molecule has 1 saturated heterocycles. The van der Waals surface area contributed by atoms with Crippen molar-refractivity contribution in [3.05, 3.63) is 53.9 Å². The van der Waals surface area contributed by atoms with Gasteiger partial charge < -0.3 is 25.4 Å². The van der Waals surface area contributed by atoms with E-state index in [2.05, 4.69) is 10.3 Å². The summed E-state index contributed by atoms with van der Waals surface area (Å²) < 4.78 is 29.7. The summed E-state index contributed by atoms with van der Waals surface area (Å²) in [5.41, 5.74) is 0.906. The van der Waals surface area contributed by atoms with E-state index in [0.717, 1.165) is 18.6 Å². The minimum atomic E-state index is -1.20. The van der Waals surface area contributed by atoms with E-state index in [9.17, 15) is 18.7 Å². The molecule has 0 aliphatic carbocycles. The van der Waals surface area contributed by atoms with Crippen molar-refractivity contribution in [2.75, 3.05) is 11.9 Å². The number of nitrogens with one attached hydrogen (secondary N) is 1. The Morgan fingerprint density at radius 1 is 1.31 bits per heavy atom. The van der Waals surface area contributed by atoms with Crippen molar-refractivity contribution < 1.29 is 33.6 Å². The van der Waals surface area contributed by atoms with Gasteiger partial charge in [0.2, 0.25) is 0 Å². The fourth-order valence-corrected chi connectivity index (χ4v) is 2.88. The normalized spacial score (nSPS) is 21.8. The molecule has 1 amide bonds. The van der Waals surface area contributed by atoms with Gasteiger partial charge in [0.1, 0.15) is 12.2 Å². The molecule has 158 valence electrons. The number of anilines is 1. The van der Waals surface area contributed by atoms with Crippen LogP contribution in [0.5, 0.6) is 5.75 Å². The number of halogens is 2. The molecule has 1 aliphatic heterocycles. The Morgan fingerprint density at radius 3 is 2.52 bits per heavy atom. The number of benzene rings is 1. The number of carbonyl (C=O) groups is 1. The number of nitrogens with zero attached hydrogens (tertiary/aromatic N) is 1. The van der Waals surface area contributed by atoms with E-state index < -0.39 is 29.6 Å². The number of aliphatic hydroxyl groups excluding tert-OH is 2. The Balaban J connectivity index is 0.000000278. The average molecular weight is 410 g/mol. The number of phenols is 1. The number of phenolic OH excluding ortho intramolecular Hbond substituents is 1. The highest BCUT2D eigenvalue weighted by Gasteiger charge is 2.35. The zero-order valence-corrected chi connectivity index (χ0v) is 16.0. The first-order valence-electron chi connectivity index (χ1n) is 9.07. The van der Waals surface area contributed by atoms with Crippen molar-refractivity contribution in [2.45, 2.75) is 38.6 Å². The molecule has 9 heteroatoms. The first-order chi connectivity index (χ1) is 13.7. The Labute approximate surface area is 167 Å². The molecule has 7 nitrogen and oxygen atoms in total. The Hall–Kier alpha value is -2.62. The van der Waals surface area contributed by atoms with Crippen LogP contribution in [-0.2, 0) is 9.53 Å². The van der Waals surface area contributed by atoms with E-state index in [0.29, 0.717) is 11.4 Å². The molecule has 0 radical (unpaired) electrons. The second-order valence-electron chi connectivity index (χ2n) is 6.81. The summed E-state index contributed by atoms with van der Waals surface area (Å²) in [6.45, 7) is 3.56. The topological polar surface area (TPSA) is 112 Å². The smallest absolute Gasteiger partial charge is 0.253 e. The van der Waals surface area contributed by atoms with Crippen molar-refractivity contribution in [3.8, 4) is 5.75 Å². The molecule has 1 aromatic carbocycles. The van der Waals surface area contributed by atoms with Gasteiger partial charge in [0.15, 0.2) is 17.4 Å². The number of aromatic nitrogens is 1. The molecule has 3 rings (SSSR count). The minimum Gasteiger partial charge on any atom is -0.505 e. The quantitative estimate of drug-likeness (QED) is 0.616. The molecule has 2 aromatic rings. The number of hydrogen-bond acceptors (Lipinski definition) is 6. The molecule has 0 saturated carbocycles. The van der Waals surface area contributed by atoms with Gasteiger partial charge in [0.05, 0.1) is 30.3 Å². The summed E-state index contributed by atoms with van der Waals surface area (Å²) >= 11 is 0. The van der Waals surface area contributed by atoms with E-state index in [1.54, 1.807) is 12.1 Å². The van der Waals surface area contributed by atoms with Gasteiger partial charge in [0, 0.05) is 0 Å². The first kappa shape index (κ1) is 22.7. The summed E-state index contributed by atoms with van der Waals surface area (Å²) in [5.74, 6) is -2.88. The summed E-state index contributed by atoms with van der Waals surface area (Å²) in [5, 5.41) is 29.5. The molecular formula is C20H24F2N2O5. The van der Waals surface area contributed by atoms with Crippen LogP contribution in [0.25, 0.3) is 0 Å². The van der Waals surface area contributed by atoms with Crippen LogP contribution in [0.4, 0.5) is 14.5 Å². The molecule has 1 fully saturated rings. The Morgan fingerprint density at radius 2 is 2.03 bits per heavy atom. The van der Waals surface area contributed by atoms with Crippen LogP contribution in [0.15, 0.2) is 36.5 Å². The number of pyridine rings is 1. The van der Waals surface area contributed by atoms with Crippen LogP contribution in [0, 0.1) is 17.6 Å². The molecule has 4 unspecified atom stereocenters. The minimum absolute atomic E-state index is 0.0981. The zero-order chi connectivity index (χ0) is 21.6. The van der Waals surface area contributed by atoms with E-state index >= 15 is 0 Å². The van der Waals surface area contributed by atoms with Gasteiger partial charge in [-0.25, -0.2) is 4.39 Å². The molecule has 4 atom stereocenters. The third-order valence-corrected chi connectivity index (χ3v) is 4.36. The van der Waals surface area contributed by atoms with Gasteiger partial charge in [-0.2, -0.15) is 4.39 Å². The Bertz CT molecular complexity index is 799. The first-order valence-corrected chi connectivity index (χ1v) is 9.07. The van der Waals surface area contributed by atoms with E-state index in [4.69, 9.17) is 14.9 Å². The van der Waals surface area contributed by atoms with Crippen LogP contribution in [0.3, 0.4) is 0 Å². The molecule has 1 aliphatic rings. The predicted octanol–water partition coefficient (Wildman–Crippen LogP) is 2.53. The van der Waals surface area contributed by atoms with E-state index in [1.807, 2.05) is 13.8 Å². The second kappa shape index (κ2) is 10.2. The molecule has 29 heavy (non-hydrogen) atoms. The summed E-state index contributed by atoms with van der Waals surface area (Å²) in [7, 11) is 0. The maximum absolute atomic E-state index is 12.1. The highest BCUT2D eigenvalue weighted by Crippen LogP contribution is 2.26. The van der Waals surface area contributed by atoms with Crippen LogP contribution >= 0.6 is 0 Å². The largest absolute Gasteiger partial charge is 0.505 e. The molecule has 0 spiro atoms. The van der Waals surface area contributed by atoms with Crippen molar-refractivity contribution in [2.24, 2.45) is 5.92 Å². The average Bonchev–Trinajstić information content (AvgIpc) is 3.04. The summed E-state index contributed by atoms with van der Waals surface area (Å²) in [6, 6.07) is 6.46. The van der Waals surface area contributed by atoms with Crippen LogP contribution in [-0.4, -0.2) is 45.0 Å². The lowest BCUT2D eigenvalue weighted by Gasteiger charge is -2.15. The van der Waals surface area contributed by atoms with Crippen LogP contribution in [0.1, 0.15) is 32.1 Å². The number of rotatable bonds is 4. The number of ether oxygens (including phenoxy) is 1.